The van der Waals surface area contributed by atoms with Crippen LogP contribution >= 0.6 is 0 Å². The first-order valence-electron chi connectivity index (χ1n) is 7.73. The van der Waals surface area contributed by atoms with E-state index in [-0.39, 0.29) is 23.7 Å². The number of fused-ring (bicyclic) bond motifs is 3. The van der Waals surface area contributed by atoms with Gasteiger partial charge in [0.1, 0.15) is 5.75 Å². The van der Waals surface area contributed by atoms with Gasteiger partial charge in [0.25, 0.3) is 0 Å². The van der Waals surface area contributed by atoms with Gasteiger partial charge in [0.15, 0.2) is 0 Å². The largest absolute Gasteiger partial charge is 0.496 e. The molecule has 2 heterocycles. The Bertz CT molecular complexity index is 808. The zero-order valence-corrected chi connectivity index (χ0v) is 13.1. The summed E-state index contributed by atoms with van der Waals surface area (Å²) < 4.78 is 7.53. The molecule has 1 N–H and O–H groups in total. The maximum atomic E-state index is 12.4. The summed E-state index contributed by atoms with van der Waals surface area (Å²) in [7, 11) is 3.61. The second-order valence-corrected chi connectivity index (χ2v) is 6.24. The topological polar surface area (TPSA) is 60.3 Å². The molecule has 1 aromatic heterocycles. The number of hydrogen-bond donors (Lipinski definition) is 1. The maximum absolute atomic E-state index is 12.4. The van der Waals surface area contributed by atoms with Crippen LogP contribution in [0.5, 0.6) is 5.75 Å². The highest BCUT2D eigenvalue weighted by Gasteiger charge is 2.51. The maximum Gasteiger partial charge on any atom is 0.235 e. The van der Waals surface area contributed by atoms with Crippen LogP contribution in [0.15, 0.2) is 36.5 Å². The Kier molecular flexibility index (Phi) is 3.04. The van der Waals surface area contributed by atoms with Crippen LogP contribution in [0.4, 0.5) is 0 Å². The van der Waals surface area contributed by atoms with E-state index >= 15 is 0 Å². The second-order valence-electron chi connectivity index (χ2n) is 6.24. The van der Waals surface area contributed by atoms with Gasteiger partial charge in [-0.15, -0.1) is 0 Å². The highest BCUT2D eigenvalue weighted by atomic mass is 16.5. The molecule has 0 radical (unpaired) electrons. The molecule has 1 saturated heterocycles. The average Bonchev–Trinajstić information content (AvgIpc) is 3.07. The van der Waals surface area contributed by atoms with Crippen LogP contribution in [-0.2, 0) is 23.1 Å². The summed E-state index contributed by atoms with van der Waals surface area (Å²) in [5.74, 6) is -0.432. The van der Waals surface area contributed by atoms with Crippen molar-refractivity contribution in [3.05, 3.63) is 53.3 Å². The van der Waals surface area contributed by atoms with Crippen LogP contribution < -0.4 is 10.1 Å². The summed E-state index contributed by atoms with van der Waals surface area (Å²) in [4.78, 5) is 24.8. The SMILES string of the molecule is COc1ccccc1C1Cc2c(ccn2C)C2C(=O)NC(=O)C12. The van der Waals surface area contributed by atoms with Crippen molar-refractivity contribution in [3.63, 3.8) is 0 Å². The van der Waals surface area contributed by atoms with E-state index in [9.17, 15) is 9.59 Å². The number of carbonyl (C=O) groups is 2. The van der Waals surface area contributed by atoms with Gasteiger partial charge in [0.05, 0.1) is 18.9 Å². The molecular weight excluding hydrogens is 292 g/mol. The summed E-state index contributed by atoms with van der Waals surface area (Å²) >= 11 is 0. The first kappa shape index (κ1) is 14.1. The van der Waals surface area contributed by atoms with Crippen LogP contribution in [-0.4, -0.2) is 23.5 Å². The minimum atomic E-state index is -0.401. The number of aryl methyl sites for hydroxylation is 1. The number of carbonyl (C=O) groups excluding carboxylic acids is 2. The molecule has 0 bridgehead atoms. The number of nitrogens with one attached hydrogen (secondary N) is 1. The molecule has 2 amide bonds. The van der Waals surface area contributed by atoms with E-state index in [0.29, 0.717) is 0 Å². The van der Waals surface area contributed by atoms with Crippen molar-refractivity contribution in [1.29, 1.82) is 0 Å². The van der Waals surface area contributed by atoms with Crippen molar-refractivity contribution in [2.24, 2.45) is 13.0 Å². The Labute approximate surface area is 134 Å². The van der Waals surface area contributed by atoms with Crippen LogP contribution in [0.25, 0.3) is 0 Å². The number of rotatable bonds is 2. The monoisotopic (exact) mass is 310 g/mol. The van der Waals surface area contributed by atoms with Crippen molar-refractivity contribution < 1.29 is 14.3 Å². The van der Waals surface area contributed by atoms with E-state index in [1.165, 1.54) is 0 Å². The smallest absolute Gasteiger partial charge is 0.235 e. The van der Waals surface area contributed by atoms with Gasteiger partial charge in [0.2, 0.25) is 11.8 Å². The molecule has 3 atom stereocenters. The molecule has 3 unspecified atom stereocenters. The predicted octanol–water partition coefficient (Wildman–Crippen LogP) is 1.73. The van der Waals surface area contributed by atoms with Gasteiger partial charge in [-0.25, -0.2) is 0 Å². The Morgan fingerprint density at radius 3 is 2.70 bits per heavy atom. The minimum Gasteiger partial charge on any atom is -0.496 e. The number of benzene rings is 1. The fourth-order valence-electron chi connectivity index (χ4n) is 4.09. The molecule has 5 nitrogen and oxygen atoms in total. The van der Waals surface area contributed by atoms with Gasteiger partial charge in [-0.2, -0.15) is 0 Å². The molecular formula is C18H18N2O3. The first-order chi connectivity index (χ1) is 11.1. The van der Waals surface area contributed by atoms with E-state index in [1.54, 1.807) is 7.11 Å². The molecule has 1 aromatic carbocycles. The van der Waals surface area contributed by atoms with E-state index in [0.717, 1.165) is 29.0 Å². The lowest BCUT2D eigenvalue weighted by atomic mass is 9.69. The average molecular weight is 310 g/mol. The number of para-hydroxylation sites is 1. The quantitative estimate of drug-likeness (QED) is 0.859. The lowest BCUT2D eigenvalue weighted by Gasteiger charge is -2.32. The van der Waals surface area contributed by atoms with E-state index in [4.69, 9.17) is 4.74 Å². The Hall–Kier alpha value is -2.56. The third kappa shape index (κ3) is 1.92. The lowest BCUT2D eigenvalue weighted by molar-refractivity contribution is -0.126. The molecule has 118 valence electrons. The number of aromatic nitrogens is 1. The number of amides is 2. The van der Waals surface area contributed by atoms with Gasteiger partial charge < -0.3 is 9.30 Å². The van der Waals surface area contributed by atoms with Crippen molar-refractivity contribution in [2.45, 2.75) is 18.3 Å². The fourth-order valence-corrected chi connectivity index (χ4v) is 4.09. The summed E-state index contributed by atoms with van der Waals surface area (Å²) in [6, 6.07) is 9.71. The van der Waals surface area contributed by atoms with Crippen LogP contribution in [0.3, 0.4) is 0 Å². The fraction of sp³-hybridized carbons (Fsp3) is 0.333. The molecule has 0 spiro atoms. The summed E-state index contributed by atoms with van der Waals surface area (Å²) in [6.07, 6.45) is 2.68. The molecule has 1 fully saturated rings. The van der Waals surface area contributed by atoms with Gasteiger partial charge >= 0.3 is 0 Å². The standard InChI is InChI=1S/C18H18N2O3/c1-20-8-7-11-13(20)9-12(10-5-3-4-6-14(10)23-2)16-15(11)17(21)19-18(16)22/h3-8,12,15-16H,9H2,1-2H3,(H,19,21,22). The molecule has 2 aliphatic rings. The predicted molar refractivity (Wildman–Crippen MR) is 84.2 cm³/mol. The molecule has 4 rings (SSSR count). The molecule has 5 heteroatoms. The summed E-state index contributed by atoms with van der Waals surface area (Å²) in [5, 5.41) is 2.52. The first-order valence-corrected chi connectivity index (χ1v) is 7.73. The van der Waals surface area contributed by atoms with E-state index in [1.807, 2.05) is 48.1 Å². The molecule has 23 heavy (non-hydrogen) atoms. The summed E-state index contributed by atoms with van der Waals surface area (Å²) in [6.45, 7) is 0. The van der Waals surface area contributed by atoms with Crippen LogP contribution in [0, 0.1) is 5.92 Å². The van der Waals surface area contributed by atoms with Crippen molar-refractivity contribution in [3.8, 4) is 5.75 Å². The molecule has 1 aliphatic heterocycles. The highest BCUT2D eigenvalue weighted by molar-refractivity contribution is 6.08. The van der Waals surface area contributed by atoms with Crippen molar-refractivity contribution in [1.82, 2.24) is 9.88 Å². The Balaban J connectivity index is 1.89. The number of imide groups is 1. The van der Waals surface area contributed by atoms with E-state index < -0.39 is 5.92 Å². The number of hydrogen-bond acceptors (Lipinski definition) is 3. The zero-order valence-electron chi connectivity index (χ0n) is 13.1. The van der Waals surface area contributed by atoms with Crippen LogP contribution in [0.2, 0.25) is 0 Å². The minimum absolute atomic E-state index is 0.0660. The Morgan fingerprint density at radius 1 is 1.13 bits per heavy atom. The number of nitrogens with zero attached hydrogens (tertiary/aromatic N) is 1. The highest BCUT2D eigenvalue weighted by Crippen LogP contribution is 2.49. The number of ether oxygens (including phenoxy) is 1. The normalized spacial score (nSPS) is 25.7. The molecule has 0 saturated carbocycles. The van der Waals surface area contributed by atoms with Gasteiger partial charge in [-0.1, -0.05) is 18.2 Å². The van der Waals surface area contributed by atoms with E-state index in [2.05, 4.69) is 5.32 Å². The van der Waals surface area contributed by atoms with Crippen molar-refractivity contribution in [2.75, 3.05) is 7.11 Å². The Morgan fingerprint density at radius 2 is 1.91 bits per heavy atom. The van der Waals surface area contributed by atoms with Gasteiger partial charge in [0, 0.05) is 24.9 Å². The van der Waals surface area contributed by atoms with Crippen molar-refractivity contribution >= 4 is 11.8 Å². The van der Waals surface area contributed by atoms with Gasteiger partial charge in [-0.05, 0) is 29.7 Å². The zero-order chi connectivity index (χ0) is 16.1. The second kappa shape index (κ2) is 4.98. The lowest BCUT2D eigenvalue weighted by Crippen LogP contribution is -2.31. The third-order valence-corrected chi connectivity index (χ3v) is 5.15. The number of methoxy groups -OCH3 is 1. The molecule has 2 aromatic rings. The van der Waals surface area contributed by atoms with Gasteiger partial charge in [-0.3, -0.25) is 14.9 Å². The third-order valence-electron chi connectivity index (χ3n) is 5.15. The van der Waals surface area contributed by atoms with Crippen LogP contribution in [0.1, 0.15) is 28.7 Å². The summed E-state index contributed by atoms with van der Waals surface area (Å²) in [5.41, 5.74) is 3.08. The molecule has 1 aliphatic carbocycles.